The van der Waals surface area contributed by atoms with Crippen LogP contribution in [0.4, 0.5) is 0 Å². The van der Waals surface area contributed by atoms with Crippen LogP contribution in [-0.4, -0.2) is 42.3 Å². The van der Waals surface area contributed by atoms with E-state index in [0.717, 1.165) is 31.2 Å². The Kier molecular flexibility index (Phi) is 8.96. The Morgan fingerprint density at radius 1 is 1.24 bits per heavy atom. The Morgan fingerprint density at radius 2 is 2.03 bits per heavy atom. The summed E-state index contributed by atoms with van der Waals surface area (Å²) >= 11 is 0. The van der Waals surface area contributed by atoms with Gasteiger partial charge in [0.25, 0.3) is 0 Å². The molecule has 1 unspecified atom stereocenters. The van der Waals surface area contributed by atoms with E-state index >= 15 is 0 Å². The van der Waals surface area contributed by atoms with Crippen LogP contribution in [0.3, 0.4) is 0 Å². The Morgan fingerprint density at radius 3 is 2.72 bits per heavy atom. The van der Waals surface area contributed by atoms with Gasteiger partial charge in [0.05, 0.1) is 25.2 Å². The number of hydrogen-bond donors (Lipinski definition) is 1. The number of esters is 1. The molecular formula is C23H34O6. The summed E-state index contributed by atoms with van der Waals surface area (Å²) in [6.07, 6.45) is 5.10. The Balaban J connectivity index is 2.15. The van der Waals surface area contributed by atoms with Crippen molar-refractivity contribution in [3.05, 3.63) is 23.3 Å². The number of fused-ring (bicyclic) bond motifs is 1. The molecule has 6 heteroatoms. The van der Waals surface area contributed by atoms with Crippen LogP contribution in [-0.2, 0) is 16.0 Å². The van der Waals surface area contributed by atoms with Gasteiger partial charge in [-0.2, -0.15) is 0 Å². The molecule has 0 aliphatic carbocycles. The summed E-state index contributed by atoms with van der Waals surface area (Å²) in [5.74, 6) is 1.21. The fourth-order valence-corrected chi connectivity index (χ4v) is 3.67. The van der Waals surface area contributed by atoms with E-state index < -0.39 is 5.60 Å². The van der Waals surface area contributed by atoms with E-state index in [9.17, 15) is 9.59 Å². The third-order valence-electron chi connectivity index (χ3n) is 5.10. The number of rotatable bonds is 12. The Bertz CT molecular complexity index is 699. The number of benzene rings is 1. The van der Waals surface area contributed by atoms with E-state index in [0.29, 0.717) is 56.0 Å². The number of Topliss-reactive ketones (excluding diaryl/α,β-unsaturated/α-hetero) is 1. The molecule has 162 valence electrons. The minimum Gasteiger partial charge on any atom is -0.493 e. The third-order valence-corrected chi connectivity index (χ3v) is 5.10. The molecule has 1 atom stereocenters. The summed E-state index contributed by atoms with van der Waals surface area (Å²) in [6, 6.07) is 3.62. The monoisotopic (exact) mass is 406 g/mol. The van der Waals surface area contributed by atoms with Crippen molar-refractivity contribution < 1.29 is 28.9 Å². The number of carbonyl (C=O) groups is 2. The molecule has 1 heterocycles. The van der Waals surface area contributed by atoms with Crippen LogP contribution in [0, 0.1) is 0 Å². The average molecular weight is 407 g/mol. The van der Waals surface area contributed by atoms with Gasteiger partial charge in [0, 0.05) is 18.6 Å². The first-order valence-electron chi connectivity index (χ1n) is 10.7. The minimum absolute atomic E-state index is 0.0870. The molecule has 0 saturated carbocycles. The molecule has 0 fully saturated rings. The largest absolute Gasteiger partial charge is 0.493 e. The molecule has 0 radical (unpaired) electrons. The molecule has 0 saturated heterocycles. The fraction of sp³-hybridized carbons (Fsp3) is 0.652. The minimum atomic E-state index is -0.565. The molecule has 0 amide bonds. The second-order valence-electron chi connectivity index (χ2n) is 7.76. The molecule has 0 bridgehead atoms. The van der Waals surface area contributed by atoms with Crippen molar-refractivity contribution in [2.45, 2.75) is 77.7 Å². The van der Waals surface area contributed by atoms with Gasteiger partial charge >= 0.3 is 5.97 Å². The molecule has 0 spiro atoms. The van der Waals surface area contributed by atoms with Crippen molar-refractivity contribution in [1.82, 2.24) is 0 Å². The predicted molar refractivity (Wildman–Crippen MR) is 111 cm³/mol. The van der Waals surface area contributed by atoms with Gasteiger partial charge in [-0.25, -0.2) is 0 Å². The van der Waals surface area contributed by atoms with Gasteiger partial charge in [-0.1, -0.05) is 13.3 Å². The Hall–Kier alpha value is -2.08. The lowest BCUT2D eigenvalue weighted by Crippen LogP contribution is -2.39. The highest BCUT2D eigenvalue weighted by atomic mass is 16.5. The molecule has 1 aromatic carbocycles. The summed E-state index contributed by atoms with van der Waals surface area (Å²) in [4.78, 5) is 24.3. The summed E-state index contributed by atoms with van der Waals surface area (Å²) in [7, 11) is 0. The number of carbonyl (C=O) groups excluding carboxylic acids is 2. The zero-order valence-corrected chi connectivity index (χ0v) is 17.9. The van der Waals surface area contributed by atoms with Crippen molar-refractivity contribution in [3.63, 3.8) is 0 Å². The lowest BCUT2D eigenvalue weighted by molar-refractivity contribution is -0.143. The maximum atomic E-state index is 12.8. The van der Waals surface area contributed by atoms with Crippen LogP contribution in [0.25, 0.3) is 0 Å². The molecule has 29 heavy (non-hydrogen) atoms. The summed E-state index contributed by atoms with van der Waals surface area (Å²) in [5.41, 5.74) is 0.971. The van der Waals surface area contributed by atoms with Crippen LogP contribution >= 0.6 is 0 Å². The predicted octanol–water partition coefficient (Wildman–Crippen LogP) is 4.25. The third kappa shape index (κ3) is 6.46. The molecule has 6 nitrogen and oxygen atoms in total. The zero-order chi connectivity index (χ0) is 21.3. The van der Waals surface area contributed by atoms with Crippen molar-refractivity contribution >= 4 is 11.8 Å². The summed E-state index contributed by atoms with van der Waals surface area (Å²) in [6.45, 7) is 6.76. The van der Waals surface area contributed by atoms with E-state index in [1.807, 2.05) is 13.0 Å². The highest BCUT2D eigenvalue weighted by Gasteiger charge is 2.37. The van der Waals surface area contributed by atoms with Crippen LogP contribution in [0.5, 0.6) is 11.5 Å². The molecule has 2 rings (SSSR count). The van der Waals surface area contributed by atoms with Crippen molar-refractivity contribution in [2.24, 2.45) is 0 Å². The maximum Gasteiger partial charge on any atom is 0.305 e. The van der Waals surface area contributed by atoms with E-state index in [1.165, 1.54) is 0 Å². The standard InChI is InChI=1S/C23H34O6/c1-4-9-18-20(28-15-8-10-21(26)27-5-2)12-11-17-19(25)16-23(3,29-22(17)18)13-6-7-14-24/h11-12,24H,4-10,13-16H2,1-3H3. The molecule has 1 aliphatic rings. The highest BCUT2D eigenvalue weighted by molar-refractivity contribution is 6.01. The first kappa shape index (κ1) is 23.2. The number of unbranched alkanes of at least 4 members (excludes halogenated alkanes) is 1. The van der Waals surface area contributed by atoms with Crippen molar-refractivity contribution in [1.29, 1.82) is 0 Å². The summed E-state index contributed by atoms with van der Waals surface area (Å²) in [5, 5.41) is 9.05. The van der Waals surface area contributed by atoms with E-state index in [1.54, 1.807) is 13.0 Å². The van der Waals surface area contributed by atoms with E-state index in [4.69, 9.17) is 19.3 Å². The topological polar surface area (TPSA) is 82.1 Å². The van der Waals surface area contributed by atoms with Gasteiger partial charge in [0.2, 0.25) is 0 Å². The lowest BCUT2D eigenvalue weighted by Gasteiger charge is -2.36. The van der Waals surface area contributed by atoms with Crippen LogP contribution < -0.4 is 9.47 Å². The smallest absolute Gasteiger partial charge is 0.305 e. The molecule has 1 aliphatic heterocycles. The van der Waals surface area contributed by atoms with E-state index in [-0.39, 0.29) is 18.4 Å². The first-order chi connectivity index (χ1) is 13.9. The number of ether oxygens (including phenoxy) is 3. The Labute approximate surface area is 173 Å². The molecular weight excluding hydrogens is 372 g/mol. The van der Waals surface area contributed by atoms with Gasteiger partial charge in [-0.05, 0) is 58.1 Å². The van der Waals surface area contributed by atoms with Crippen LogP contribution in [0.15, 0.2) is 12.1 Å². The quantitative estimate of drug-likeness (QED) is 0.413. The molecule has 0 aromatic heterocycles. The number of aliphatic hydroxyl groups is 1. The molecule has 1 N–H and O–H groups in total. The van der Waals surface area contributed by atoms with Gasteiger partial charge in [-0.15, -0.1) is 0 Å². The first-order valence-corrected chi connectivity index (χ1v) is 10.7. The maximum absolute atomic E-state index is 12.8. The SMILES string of the molecule is CCCc1c(OCCCC(=O)OCC)ccc2c1OC(C)(CCCCO)CC2=O. The van der Waals surface area contributed by atoms with Gasteiger partial charge in [0.1, 0.15) is 17.1 Å². The highest BCUT2D eigenvalue weighted by Crippen LogP contribution is 2.42. The second kappa shape index (κ2) is 11.2. The van der Waals surface area contributed by atoms with E-state index in [2.05, 4.69) is 6.92 Å². The zero-order valence-electron chi connectivity index (χ0n) is 17.9. The fourth-order valence-electron chi connectivity index (χ4n) is 3.67. The van der Waals surface area contributed by atoms with Crippen LogP contribution in [0.2, 0.25) is 0 Å². The normalized spacial score (nSPS) is 18.1. The number of ketones is 1. The second-order valence-corrected chi connectivity index (χ2v) is 7.76. The lowest BCUT2D eigenvalue weighted by atomic mass is 9.86. The van der Waals surface area contributed by atoms with Crippen molar-refractivity contribution in [3.8, 4) is 11.5 Å². The van der Waals surface area contributed by atoms with Gasteiger partial charge < -0.3 is 19.3 Å². The van der Waals surface area contributed by atoms with Crippen LogP contribution in [0.1, 0.15) is 81.6 Å². The molecule has 1 aromatic rings. The van der Waals surface area contributed by atoms with Gasteiger partial charge in [0.15, 0.2) is 5.78 Å². The van der Waals surface area contributed by atoms with Crippen molar-refractivity contribution in [2.75, 3.05) is 19.8 Å². The summed E-state index contributed by atoms with van der Waals surface area (Å²) < 4.78 is 17.3. The average Bonchev–Trinajstić information content (AvgIpc) is 2.67. The number of hydrogen-bond acceptors (Lipinski definition) is 6. The number of aliphatic hydroxyl groups excluding tert-OH is 1. The van der Waals surface area contributed by atoms with Gasteiger partial charge in [-0.3, -0.25) is 9.59 Å².